The predicted octanol–water partition coefficient (Wildman–Crippen LogP) is 3.40. The molecule has 0 radical (unpaired) electrons. The molecule has 1 amide bonds. The van der Waals surface area contributed by atoms with E-state index in [1.54, 1.807) is 0 Å². The Bertz CT molecular complexity index is 720. The van der Waals surface area contributed by atoms with Gasteiger partial charge in [0.2, 0.25) is 0 Å². The molecule has 1 fully saturated rings. The summed E-state index contributed by atoms with van der Waals surface area (Å²) >= 11 is 0. The van der Waals surface area contributed by atoms with Crippen LogP contribution in [-0.2, 0) is 11.3 Å². The van der Waals surface area contributed by atoms with E-state index in [0.29, 0.717) is 30.1 Å². The van der Waals surface area contributed by atoms with Crippen molar-refractivity contribution >= 4 is 12.6 Å². The summed E-state index contributed by atoms with van der Waals surface area (Å²) in [5, 5.41) is 10.2. The van der Waals surface area contributed by atoms with Crippen LogP contribution in [0.3, 0.4) is 0 Å². The van der Waals surface area contributed by atoms with Crippen molar-refractivity contribution in [3.8, 4) is 0 Å². The van der Waals surface area contributed by atoms with Crippen LogP contribution in [0.15, 0.2) is 38.1 Å². The highest BCUT2D eigenvalue weighted by Crippen LogP contribution is 2.36. The lowest BCUT2D eigenvalue weighted by atomic mass is 9.97. The number of allylic oxidation sites excluding steroid dienone is 1. The zero-order valence-electron chi connectivity index (χ0n) is 15.8. The molecular formula is C19H28N4O2. The third-order valence-electron chi connectivity index (χ3n) is 4.35. The summed E-state index contributed by atoms with van der Waals surface area (Å²) in [6, 6.07) is 1.81. The quantitative estimate of drug-likeness (QED) is 0.430. The van der Waals surface area contributed by atoms with Crippen LogP contribution in [0.2, 0.25) is 0 Å². The molecule has 0 unspecified atom stereocenters. The Morgan fingerprint density at radius 1 is 1.44 bits per heavy atom. The Hall–Kier alpha value is -2.37. The highest BCUT2D eigenvalue weighted by atomic mass is 16.5. The first-order valence-electron chi connectivity index (χ1n) is 8.66. The highest BCUT2D eigenvalue weighted by Gasteiger charge is 2.38. The third-order valence-corrected chi connectivity index (χ3v) is 4.35. The molecule has 2 rings (SSSR count). The lowest BCUT2D eigenvalue weighted by Gasteiger charge is -2.20. The maximum absolute atomic E-state index is 12.8. The lowest BCUT2D eigenvalue weighted by molar-refractivity contribution is -0.117. The van der Waals surface area contributed by atoms with E-state index < -0.39 is 0 Å². The van der Waals surface area contributed by atoms with E-state index >= 15 is 0 Å². The van der Waals surface area contributed by atoms with E-state index in [1.165, 1.54) is 0 Å². The lowest BCUT2D eigenvalue weighted by Crippen LogP contribution is -2.30. The van der Waals surface area contributed by atoms with E-state index in [-0.39, 0.29) is 11.4 Å². The molecule has 1 heterocycles. The Morgan fingerprint density at radius 2 is 2.12 bits per heavy atom. The molecule has 1 saturated carbocycles. The Kier molecular flexibility index (Phi) is 5.82. The van der Waals surface area contributed by atoms with Gasteiger partial charge < -0.3 is 15.2 Å². The van der Waals surface area contributed by atoms with Crippen molar-refractivity contribution in [3.63, 3.8) is 0 Å². The molecule has 136 valence electrons. The molecule has 0 bridgehead atoms. The fraction of sp³-hybridized carbons (Fsp3) is 0.526. The van der Waals surface area contributed by atoms with Gasteiger partial charge in [-0.15, -0.1) is 0 Å². The molecule has 2 N–H and O–H groups in total. The van der Waals surface area contributed by atoms with Gasteiger partial charge >= 0.3 is 0 Å². The van der Waals surface area contributed by atoms with Crippen LogP contribution in [-0.4, -0.2) is 23.3 Å². The van der Waals surface area contributed by atoms with E-state index in [4.69, 9.17) is 4.52 Å². The molecule has 25 heavy (non-hydrogen) atoms. The van der Waals surface area contributed by atoms with Gasteiger partial charge in [-0.25, -0.2) is 4.99 Å². The fourth-order valence-corrected chi connectivity index (χ4v) is 2.69. The van der Waals surface area contributed by atoms with Crippen LogP contribution in [0, 0.1) is 6.92 Å². The first kappa shape index (κ1) is 19.0. The van der Waals surface area contributed by atoms with E-state index in [0.717, 1.165) is 29.7 Å². The van der Waals surface area contributed by atoms with Gasteiger partial charge in [0.05, 0.1) is 12.2 Å². The number of aryl methyl sites for hydroxylation is 1. The molecule has 1 aromatic rings. The number of aliphatic imine (C=N–C) groups is 1. The summed E-state index contributed by atoms with van der Waals surface area (Å²) in [5.41, 5.74) is 3.33. The zero-order valence-corrected chi connectivity index (χ0v) is 15.8. The second-order valence-electron chi connectivity index (χ2n) is 7.02. The number of hydrogen-bond acceptors (Lipinski definition) is 5. The minimum absolute atomic E-state index is 0.0670. The van der Waals surface area contributed by atoms with Gasteiger partial charge in [-0.3, -0.25) is 4.79 Å². The smallest absolute Gasteiger partial charge is 0.252 e. The molecule has 6 nitrogen and oxygen atoms in total. The summed E-state index contributed by atoms with van der Waals surface area (Å²) < 4.78 is 5.15. The van der Waals surface area contributed by atoms with Crippen LogP contribution >= 0.6 is 0 Å². The van der Waals surface area contributed by atoms with E-state index in [1.807, 2.05) is 33.8 Å². The van der Waals surface area contributed by atoms with Crippen LogP contribution in [0.1, 0.15) is 58.4 Å². The predicted molar refractivity (Wildman–Crippen MR) is 99.1 cm³/mol. The minimum Gasteiger partial charge on any atom is -0.365 e. The van der Waals surface area contributed by atoms with E-state index in [2.05, 4.69) is 34.4 Å². The molecule has 0 aliphatic heterocycles. The van der Waals surface area contributed by atoms with Crippen molar-refractivity contribution in [2.45, 2.75) is 66.0 Å². The third kappa shape index (κ3) is 4.81. The molecular weight excluding hydrogens is 316 g/mol. The second kappa shape index (κ2) is 7.68. The first-order valence-corrected chi connectivity index (χ1v) is 8.66. The summed E-state index contributed by atoms with van der Waals surface area (Å²) in [7, 11) is 0. The average Bonchev–Trinajstić information content (AvgIpc) is 3.14. The van der Waals surface area contributed by atoms with Gasteiger partial charge in [-0.1, -0.05) is 17.7 Å². The minimum atomic E-state index is -0.144. The summed E-state index contributed by atoms with van der Waals surface area (Å²) in [4.78, 5) is 17.0. The van der Waals surface area contributed by atoms with Gasteiger partial charge in [0.25, 0.3) is 5.91 Å². The second-order valence-corrected chi connectivity index (χ2v) is 7.02. The van der Waals surface area contributed by atoms with Crippen molar-refractivity contribution in [3.05, 3.63) is 40.1 Å². The van der Waals surface area contributed by atoms with Gasteiger partial charge in [-0.05, 0) is 53.7 Å². The average molecular weight is 344 g/mol. The molecule has 1 aliphatic carbocycles. The van der Waals surface area contributed by atoms with Crippen LogP contribution < -0.4 is 10.6 Å². The molecule has 0 aromatic carbocycles. The largest absolute Gasteiger partial charge is 0.365 e. The van der Waals surface area contributed by atoms with Crippen molar-refractivity contribution < 1.29 is 9.32 Å². The summed E-state index contributed by atoms with van der Waals surface area (Å²) in [6.07, 6.45) is 2.89. The molecule has 0 saturated heterocycles. The van der Waals surface area contributed by atoms with Crippen LogP contribution in [0.4, 0.5) is 0 Å². The number of amides is 1. The summed E-state index contributed by atoms with van der Waals surface area (Å²) in [5.74, 6) is 1.19. The van der Waals surface area contributed by atoms with Gasteiger partial charge in [-0.2, -0.15) is 0 Å². The van der Waals surface area contributed by atoms with Crippen molar-refractivity contribution in [2.24, 2.45) is 4.99 Å². The number of rotatable bonds is 8. The number of hydrogen-bond donors (Lipinski definition) is 2. The first-order chi connectivity index (χ1) is 11.8. The normalized spacial score (nSPS) is 15.9. The Balaban J connectivity index is 2.23. The molecule has 6 heteroatoms. The SMILES string of the molecule is C=N/C(NC1(C)CC1)=C(\CC)C(C(=O)NCc1cc(C)no1)=C(C)C. The Morgan fingerprint density at radius 3 is 2.56 bits per heavy atom. The molecule has 0 spiro atoms. The fourth-order valence-electron chi connectivity index (χ4n) is 2.69. The summed E-state index contributed by atoms with van der Waals surface area (Å²) in [6.45, 7) is 13.9. The van der Waals surface area contributed by atoms with Crippen LogP contribution in [0.25, 0.3) is 0 Å². The Labute approximate surface area is 149 Å². The van der Waals surface area contributed by atoms with Crippen molar-refractivity contribution in [2.75, 3.05) is 0 Å². The van der Waals surface area contributed by atoms with Gasteiger partial charge in [0, 0.05) is 22.8 Å². The number of aromatic nitrogens is 1. The highest BCUT2D eigenvalue weighted by molar-refractivity contribution is 5.98. The number of carbonyl (C=O) groups is 1. The maximum atomic E-state index is 12.8. The van der Waals surface area contributed by atoms with Crippen molar-refractivity contribution in [1.82, 2.24) is 15.8 Å². The standard InChI is InChI=1S/C19H28N4O2/c1-7-15(17(20-6)22-19(5)8-9-19)16(12(2)3)18(24)21-11-14-10-13(4)23-25-14/h10,22H,6-9,11H2,1-5H3,(H,21,24)/b17-15-. The van der Waals surface area contributed by atoms with E-state index in [9.17, 15) is 4.79 Å². The zero-order chi connectivity index (χ0) is 18.6. The molecule has 1 aliphatic rings. The topological polar surface area (TPSA) is 79.5 Å². The number of nitrogens with zero attached hydrogens (tertiary/aromatic N) is 2. The molecule has 1 aromatic heterocycles. The number of nitrogens with one attached hydrogen (secondary N) is 2. The number of carbonyl (C=O) groups excluding carboxylic acids is 1. The maximum Gasteiger partial charge on any atom is 0.252 e. The monoisotopic (exact) mass is 344 g/mol. The molecule has 0 atom stereocenters. The van der Waals surface area contributed by atoms with Crippen molar-refractivity contribution in [1.29, 1.82) is 0 Å². The van der Waals surface area contributed by atoms with Crippen LogP contribution in [0.5, 0.6) is 0 Å². The van der Waals surface area contributed by atoms with Gasteiger partial charge in [0.1, 0.15) is 5.82 Å². The van der Waals surface area contributed by atoms with Gasteiger partial charge in [0.15, 0.2) is 5.76 Å².